The van der Waals surface area contributed by atoms with Crippen molar-refractivity contribution in [3.8, 4) is 0 Å². The highest BCUT2D eigenvalue weighted by Gasteiger charge is 2.10. The SMILES string of the molecule is CC(Cc1cccs1)NCC(O)c1ccc(F)cc1. The van der Waals surface area contributed by atoms with Crippen molar-refractivity contribution >= 4 is 11.3 Å². The molecule has 2 N–H and O–H groups in total. The molecule has 0 amide bonds. The first-order valence-electron chi connectivity index (χ1n) is 6.34. The molecule has 102 valence electrons. The van der Waals surface area contributed by atoms with Crippen LogP contribution in [0.2, 0.25) is 0 Å². The third-order valence-corrected chi connectivity index (χ3v) is 3.90. The minimum atomic E-state index is -0.605. The van der Waals surface area contributed by atoms with Gasteiger partial charge >= 0.3 is 0 Å². The van der Waals surface area contributed by atoms with Crippen molar-refractivity contribution < 1.29 is 9.50 Å². The average Bonchev–Trinajstić information content (AvgIpc) is 2.89. The van der Waals surface area contributed by atoms with Crippen molar-refractivity contribution in [3.63, 3.8) is 0 Å². The summed E-state index contributed by atoms with van der Waals surface area (Å²) in [6.45, 7) is 2.56. The lowest BCUT2D eigenvalue weighted by atomic mass is 10.1. The van der Waals surface area contributed by atoms with Crippen LogP contribution in [0, 0.1) is 5.82 Å². The second kappa shape index (κ2) is 6.80. The maximum Gasteiger partial charge on any atom is 0.123 e. The smallest absolute Gasteiger partial charge is 0.123 e. The fourth-order valence-electron chi connectivity index (χ4n) is 1.92. The molecule has 2 rings (SSSR count). The first kappa shape index (κ1) is 14.2. The summed E-state index contributed by atoms with van der Waals surface area (Å²) in [7, 11) is 0. The molecule has 1 heterocycles. The number of nitrogens with one attached hydrogen (secondary N) is 1. The van der Waals surface area contributed by atoms with Crippen LogP contribution in [0.4, 0.5) is 4.39 Å². The molecule has 0 aliphatic heterocycles. The van der Waals surface area contributed by atoms with E-state index in [-0.39, 0.29) is 5.82 Å². The van der Waals surface area contributed by atoms with Crippen molar-refractivity contribution in [1.29, 1.82) is 0 Å². The summed E-state index contributed by atoms with van der Waals surface area (Å²) < 4.78 is 12.8. The van der Waals surface area contributed by atoms with Gasteiger partial charge in [0.05, 0.1) is 6.10 Å². The van der Waals surface area contributed by atoms with Crippen molar-refractivity contribution in [2.24, 2.45) is 0 Å². The standard InChI is InChI=1S/C15H18FNOS/c1-11(9-14-3-2-8-19-14)17-10-15(18)12-4-6-13(16)7-5-12/h2-8,11,15,17-18H,9-10H2,1H3. The zero-order chi connectivity index (χ0) is 13.7. The quantitative estimate of drug-likeness (QED) is 0.851. The Morgan fingerprint density at radius 3 is 2.63 bits per heavy atom. The number of rotatable bonds is 6. The fraction of sp³-hybridized carbons (Fsp3) is 0.333. The summed E-state index contributed by atoms with van der Waals surface area (Å²) in [6, 6.07) is 10.4. The average molecular weight is 279 g/mol. The van der Waals surface area contributed by atoms with Gasteiger partial charge in [-0.2, -0.15) is 0 Å². The van der Waals surface area contributed by atoms with Gasteiger partial charge in [-0.25, -0.2) is 4.39 Å². The Morgan fingerprint density at radius 2 is 2.00 bits per heavy atom. The predicted molar refractivity (Wildman–Crippen MR) is 76.8 cm³/mol. The van der Waals surface area contributed by atoms with Gasteiger partial charge in [0.15, 0.2) is 0 Å². The summed E-state index contributed by atoms with van der Waals surface area (Å²) in [4.78, 5) is 1.33. The largest absolute Gasteiger partial charge is 0.387 e. The number of hydrogen-bond donors (Lipinski definition) is 2. The van der Waals surface area contributed by atoms with Crippen LogP contribution >= 0.6 is 11.3 Å². The van der Waals surface area contributed by atoms with Crippen molar-refractivity contribution in [2.75, 3.05) is 6.54 Å². The monoisotopic (exact) mass is 279 g/mol. The molecule has 1 aromatic heterocycles. The Hall–Kier alpha value is -1.23. The van der Waals surface area contributed by atoms with Gasteiger partial charge in [0, 0.05) is 17.5 Å². The van der Waals surface area contributed by atoms with E-state index >= 15 is 0 Å². The van der Waals surface area contributed by atoms with Gasteiger partial charge < -0.3 is 10.4 Å². The van der Waals surface area contributed by atoms with Crippen LogP contribution in [-0.4, -0.2) is 17.7 Å². The van der Waals surface area contributed by atoms with E-state index < -0.39 is 6.10 Å². The van der Waals surface area contributed by atoms with Crippen LogP contribution in [0.3, 0.4) is 0 Å². The van der Waals surface area contributed by atoms with Gasteiger partial charge in [-0.3, -0.25) is 0 Å². The zero-order valence-electron chi connectivity index (χ0n) is 10.8. The van der Waals surface area contributed by atoms with Gasteiger partial charge in [-0.1, -0.05) is 18.2 Å². The van der Waals surface area contributed by atoms with E-state index in [1.165, 1.54) is 17.0 Å². The Balaban J connectivity index is 1.79. The molecule has 2 unspecified atom stereocenters. The molecule has 2 atom stereocenters. The molecule has 0 aliphatic carbocycles. The molecule has 0 aliphatic rings. The molecule has 0 fully saturated rings. The van der Waals surface area contributed by atoms with E-state index in [1.807, 2.05) is 6.07 Å². The number of benzene rings is 1. The molecule has 0 radical (unpaired) electrons. The van der Waals surface area contributed by atoms with Crippen LogP contribution in [0.1, 0.15) is 23.5 Å². The Labute approximate surface area is 116 Å². The highest BCUT2D eigenvalue weighted by atomic mass is 32.1. The van der Waals surface area contributed by atoms with Crippen LogP contribution in [0.15, 0.2) is 41.8 Å². The maximum absolute atomic E-state index is 12.8. The van der Waals surface area contributed by atoms with Crippen LogP contribution < -0.4 is 5.32 Å². The van der Waals surface area contributed by atoms with Gasteiger partial charge in [0.2, 0.25) is 0 Å². The van der Waals surface area contributed by atoms with E-state index in [0.717, 1.165) is 12.0 Å². The Morgan fingerprint density at radius 1 is 1.26 bits per heavy atom. The van der Waals surface area contributed by atoms with Gasteiger partial charge in [0.25, 0.3) is 0 Å². The van der Waals surface area contributed by atoms with Crippen LogP contribution in [0.5, 0.6) is 0 Å². The molecule has 1 aromatic carbocycles. The maximum atomic E-state index is 12.8. The third-order valence-electron chi connectivity index (χ3n) is 3.00. The lowest BCUT2D eigenvalue weighted by Gasteiger charge is -2.17. The molecule has 0 spiro atoms. The molecule has 19 heavy (non-hydrogen) atoms. The third kappa shape index (κ3) is 4.42. The van der Waals surface area contributed by atoms with Crippen molar-refractivity contribution in [1.82, 2.24) is 5.32 Å². The van der Waals surface area contributed by atoms with Gasteiger partial charge in [0.1, 0.15) is 5.82 Å². The Kier molecular flexibility index (Phi) is 5.07. The minimum absolute atomic E-state index is 0.282. The minimum Gasteiger partial charge on any atom is -0.387 e. The second-order valence-electron chi connectivity index (χ2n) is 4.66. The summed E-state index contributed by atoms with van der Waals surface area (Å²) in [5, 5.41) is 15.4. The molecule has 0 saturated carbocycles. The first-order valence-corrected chi connectivity index (χ1v) is 7.22. The van der Waals surface area contributed by atoms with E-state index in [9.17, 15) is 9.50 Å². The highest BCUT2D eigenvalue weighted by molar-refractivity contribution is 7.09. The number of halogens is 1. The molecular formula is C15H18FNOS. The predicted octanol–water partition coefficient (Wildman–Crippen LogP) is 3.14. The van der Waals surface area contributed by atoms with Gasteiger partial charge in [-0.05, 0) is 42.5 Å². The second-order valence-corrected chi connectivity index (χ2v) is 5.69. The molecular weight excluding hydrogens is 261 g/mol. The fourth-order valence-corrected chi connectivity index (χ4v) is 2.75. The van der Waals surface area contributed by atoms with E-state index in [0.29, 0.717) is 12.6 Å². The summed E-state index contributed by atoms with van der Waals surface area (Å²) in [6.07, 6.45) is 0.347. The van der Waals surface area contributed by atoms with Crippen LogP contribution in [0.25, 0.3) is 0 Å². The van der Waals surface area contributed by atoms with Crippen LogP contribution in [-0.2, 0) is 6.42 Å². The molecule has 4 heteroatoms. The number of aliphatic hydroxyl groups excluding tert-OH is 1. The Bertz CT molecular complexity index is 483. The topological polar surface area (TPSA) is 32.3 Å². The molecule has 0 bridgehead atoms. The highest BCUT2D eigenvalue weighted by Crippen LogP contribution is 2.14. The number of aliphatic hydroxyl groups is 1. The zero-order valence-corrected chi connectivity index (χ0v) is 11.7. The number of thiophene rings is 1. The first-order chi connectivity index (χ1) is 9.15. The molecule has 2 aromatic rings. The van der Waals surface area contributed by atoms with Crippen molar-refractivity contribution in [2.45, 2.75) is 25.5 Å². The van der Waals surface area contributed by atoms with Crippen molar-refractivity contribution in [3.05, 3.63) is 58.0 Å². The molecule has 2 nitrogen and oxygen atoms in total. The lowest BCUT2D eigenvalue weighted by Crippen LogP contribution is -2.31. The lowest BCUT2D eigenvalue weighted by molar-refractivity contribution is 0.170. The number of hydrogen-bond acceptors (Lipinski definition) is 3. The van der Waals surface area contributed by atoms with Gasteiger partial charge in [-0.15, -0.1) is 11.3 Å². The summed E-state index contributed by atoms with van der Waals surface area (Å²) in [5.74, 6) is -0.282. The van der Waals surface area contributed by atoms with E-state index in [4.69, 9.17) is 0 Å². The summed E-state index contributed by atoms with van der Waals surface area (Å²) in [5.41, 5.74) is 0.734. The van der Waals surface area contributed by atoms with E-state index in [1.54, 1.807) is 23.5 Å². The normalized spacial score (nSPS) is 14.3. The summed E-state index contributed by atoms with van der Waals surface area (Å²) >= 11 is 1.74. The molecule has 0 saturated heterocycles. The van der Waals surface area contributed by atoms with E-state index in [2.05, 4.69) is 23.7 Å².